The van der Waals surface area contributed by atoms with Crippen molar-refractivity contribution >= 4 is 0 Å². The molecule has 0 saturated carbocycles. The van der Waals surface area contributed by atoms with E-state index in [2.05, 4.69) is 4.74 Å². The largest absolute Gasteiger partial charge is 0.394 e. The van der Waals surface area contributed by atoms with Crippen LogP contribution >= 0.6 is 0 Å². The number of rotatable bonds is 1. The number of ether oxygens (including phenoxy) is 1. The van der Waals surface area contributed by atoms with Gasteiger partial charge in [0, 0.05) is 0 Å². The third-order valence-electron chi connectivity index (χ3n) is 1.52. The van der Waals surface area contributed by atoms with Crippen molar-refractivity contribution in [3.63, 3.8) is 0 Å². The Kier molecular flexibility index (Phi) is 2.22. The number of aliphatic hydroxyl groups excluding tert-OH is 4. The van der Waals surface area contributed by atoms with Gasteiger partial charge in [-0.05, 0) is 0 Å². The highest BCUT2D eigenvalue weighted by molar-refractivity contribution is 4.84. The number of hydrogen-bond donors (Lipinski definition) is 4. The lowest BCUT2D eigenvalue weighted by Crippen LogP contribution is -2.33. The van der Waals surface area contributed by atoms with Crippen LogP contribution in [-0.4, -0.2) is 51.6 Å². The Balaban J connectivity index is 2.53. The van der Waals surface area contributed by atoms with Crippen LogP contribution in [-0.2, 0) is 4.74 Å². The van der Waals surface area contributed by atoms with E-state index >= 15 is 0 Å². The molecule has 5 nitrogen and oxygen atoms in total. The maximum atomic E-state index is 8.93. The minimum absolute atomic E-state index is 0.407. The van der Waals surface area contributed by atoms with Gasteiger partial charge in [0.1, 0.15) is 18.3 Å². The highest BCUT2D eigenvalue weighted by atomic mass is 16.6. The van der Waals surface area contributed by atoms with Crippen LogP contribution in [0.1, 0.15) is 0 Å². The molecule has 0 radical (unpaired) electrons. The molecule has 0 spiro atoms. The highest BCUT2D eigenvalue weighted by Gasteiger charge is 2.41. The molecular weight excluding hydrogens is 140 g/mol. The Bertz CT molecular complexity index is 117. The SMILES string of the molecule is OC[C@@H]1O[C@@H](O)C(O)[C@H]1O. The Morgan fingerprint density at radius 2 is 1.70 bits per heavy atom. The van der Waals surface area contributed by atoms with Gasteiger partial charge >= 0.3 is 0 Å². The molecule has 0 aromatic carbocycles. The molecule has 1 rings (SSSR count). The fraction of sp³-hybridized carbons (Fsp3) is 1.00. The summed E-state index contributed by atoms with van der Waals surface area (Å²) in [6.07, 6.45) is -4.76. The molecule has 5 heteroatoms. The van der Waals surface area contributed by atoms with Gasteiger partial charge in [-0.25, -0.2) is 0 Å². The van der Waals surface area contributed by atoms with Crippen LogP contribution in [0, 0.1) is 0 Å². The summed E-state index contributed by atoms with van der Waals surface area (Å²) in [5.41, 5.74) is 0. The molecule has 0 amide bonds. The van der Waals surface area contributed by atoms with Gasteiger partial charge in [0.25, 0.3) is 0 Å². The van der Waals surface area contributed by atoms with Crippen LogP contribution in [0.4, 0.5) is 0 Å². The summed E-state index contributed by atoms with van der Waals surface area (Å²) < 4.78 is 4.54. The van der Waals surface area contributed by atoms with Gasteiger partial charge in [-0.2, -0.15) is 0 Å². The molecule has 4 N–H and O–H groups in total. The second-order valence-corrected chi connectivity index (χ2v) is 2.23. The minimum Gasteiger partial charge on any atom is -0.394 e. The van der Waals surface area contributed by atoms with Crippen molar-refractivity contribution in [1.82, 2.24) is 0 Å². The van der Waals surface area contributed by atoms with Gasteiger partial charge < -0.3 is 25.2 Å². The summed E-state index contributed by atoms with van der Waals surface area (Å²) in [5, 5.41) is 35.0. The maximum absolute atomic E-state index is 8.93. The first kappa shape index (κ1) is 7.90. The van der Waals surface area contributed by atoms with E-state index in [0.29, 0.717) is 0 Å². The molecule has 1 heterocycles. The zero-order chi connectivity index (χ0) is 7.72. The van der Waals surface area contributed by atoms with Gasteiger partial charge in [0.05, 0.1) is 6.61 Å². The third kappa shape index (κ3) is 1.14. The maximum Gasteiger partial charge on any atom is 0.184 e. The molecule has 10 heavy (non-hydrogen) atoms. The molecule has 60 valence electrons. The summed E-state index contributed by atoms with van der Waals surface area (Å²) in [5.74, 6) is 0. The molecule has 1 aliphatic rings. The van der Waals surface area contributed by atoms with Crippen LogP contribution in [0.2, 0.25) is 0 Å². The van der Waals surface area contributed by atoms with E-state index in [1.54, 1.807) is 0 Å². The summed E-state index contributed by atoms with van der Waals surface area (Å²) in [6.45, 7) is -0.407. The zero-order valence-corrected chi connectivity index (χ0v) is 5.21. The predicted molar refractivity (Wildman–Crippen MR) is 30.0 cm³/mol. The highest BCUT2D eigenvalue weighted by Crippen LogP contribution is 2.18. The summed E-state index contributed by atoms with van der Waals surface area (Å²) in [4.78, 5) is 0. The van der Waals surface area contributed by atoms with Crippen molar-refractivity contribution in [2.24, 2.45) is 0 Å². The predicted octanol–water partition coefficient (Wildman–Crippen LogP) is -2.58. The van der Waals surface area contributed by atoms with E-state index < -0.39 is 31.2 Å². The first-order valence-electron chi connectivity index (χ1n) is 2.97. The van der Waals surface area contributed by atoms with E-state index in [1.807, 2.05) is 0 Å². The normalized spacial score (nSPS) is 48.0. The molecule has 4 atom stereocenters. The fourth-order valence-electron chi connectivity index (χ4n) is 0.880. The van der Waals surface area contributed by atoms with E-state index in [-0.39, 0.29) is 0 Å². The van der Waals surface area contributed by atoms with Gasteiger partial charge in [0.2, 0.25) is 0 Å². The van der Waals surface area contributed by atoms with E-state index in [9.17, 15) is 0 Å². The molecule has 1 fully saturated rings. The summed E-state index contributed by atoms with van der Waals surface area (Å²) in [7, 11) is 0. The number of hydrogen-bond acceptors (Lipinski definition) is 5. The second kappa shape index (κ2) is 2.81. The topological polar surface area (TPSA) is 90.2 Å². The van der Waals surface area contributed by atoms with Crippen molar-refractivity contribution in [3.05, 3.63) is 0 Å². The summed E-state index contributed by atoms with van der Waals surface area (Å²) >= 11 is 0. The van der Waals surface area contributed by atoms with Crippen molar-refractivity contribution in [2.45, 2.75) is 24.6 Å². The van der Waals surface area contributed by atoms with Crippen LogP contribution in [0.5, 0.6) is 0 Å². The fourth-order valence-corrected chi connectivity index (χ4v) is 0.880. The van der Waals surface area contributed by atoms with Gasteiger partial charge in [-0.1, -0.05) is 0 Å². The van der Waals surface area contributed by atoms with Crippen molar-refractivity contribution in [2.75, 3.05) is 6.61 Å². The first-order valence-corrected chi connectivity index (χ1v) is 2.97. The van der Waals surface area contributed by atoms with Crippen LogP contribution in [0.3, 0.4) is 0 Å². The Morgan fingerprint density at radius 1 is 1.10 bits per heavy atom. The van der Waals surface area contributed by atoms with Crippen molar-refractivity contribution < 1.29 is 25.2 Å². The number of aliphatic hydroxyl groups is 4. The van der Waals surface area contributed by atoms with Gasteiger partial charge in [0.15, 0.2) is 6.29 Å². The van der Waals surface area contributed by atoms with Crippen LogP contribution < -0.4 is 0 Å². The van der Waals surface area contributed by atoms with Crippen molar-refractivity contribution in [1.29, 1.82) is 0 Å². The third-order valence-corrected chi connectivity index (χ3v) is 1.52. The van der Waals surface area contributed by atoms with Crippen LogP contribution in [0.15, 0.2) is 0 Å². The van der Waals surface area contributed by atoms with Gasteiger partial charge in [-0.15, -0.1) is 0 Å². The van der Waals surface area contributed by atoms with Crippen LogP contribution in [0.25, 0.3) is 0 Å². The smallest absolute Gasteiger partial charge is 0.184 e. The Hall–Kier alpha value is -0.200. The van der Waals surface area contributed by atoms with E-state index in [4.69, 9.17) is 20.4 Å². The molecule has 1 aliphatic heterocycles. The average molecular weight is 150 g/mol. The Labute approximate surface area is 57.5 Å². The second-order valence-electron chi connectivity index (χ2n) is 2.23. The molecule has 0 aromatic heterocycles. The van der Waals surface area contributed by atoms with E-state index in [1.165, 1.54) is 0 Å². The molecule has 0 aliphatic carbocycles. The Morgan fingerprint density at radius 3 is 1.90 bits per heavy atom. The zero-order valence-electron chi connectivity index (χ0n) is 5.21. The van der Waals surface area contributed by atoms with E-state index in [0.717, 1.165) is 0 Å². The molecular formula is C5H10O5. The molecule has 0 aromatic rings. The molecule has 0 bridgehead atoms. The monoisotopic (exact) mass is 150 g/mol. The minimum atomic E-state index is -1.38. The van der Waals surface area contributed by atoms with Gasteiger partial charge in [-0.3, -0.25) is 0 Å². The quantitative estimate of drug-likeness (QED) is 0.329. The average Bonchev–Trinajstić information content (AvgIpc) is 2.17. The lowest BCUT2D eigenvalue weighted by atomic mass is 10.1. The summed E-state index contributed by atoms with van der Waals surface area (Å²) in [6, 6.07) is 0. The lowest BCUT2D eigenvalue weighted by molar-refractivity contribution is -0.132. The first-order chi connectivity index (χ1) is 4.66. The molecule has 1 saturated heterocycles. The lowest BCUT2D eigenvalue weighted by Gasteiger charge is -2.09. The molecule has 1 unspecified atom stereocenters. The standard InChI is InChI=1S/C5H10O5/c6-1-2-3(7)4(8)5(9)10-2/h2-9H,1H2/t2-,3-,4?,5+/m0/s1. The van der Waals surface area contributed by atoms with Crippen molar-refractivity contribution in [3.8, 4) is 0 Å².